The molecule has 6 heteroatoms. The number of hydrogen-bond acceptors (Lipinski definition) is 5. The van der Waals surface area contributed by atoms with E-state index in [0.29, 0.717) is 11.6 Å². The van der Waals surface area contributed by atoms with Crippen LogP contribution in [0.1, 0.15) is 25.2 Å². The molecule has 0 saturated carbocycles. The van der Waals surface area contributed by atoms with Gasteiger partial charge in [0.1, 0.15) is 17.5 Å². The summed E-state index contributed by atoms with van der Waals surface area (Å²) in [6.07, 6.45) is 0. The summed E-state index contributed by atoms with van der Waals surface area (Å²) in [4.78, 5) is 22.6. The van der Waals surface area contributed by atoms with E-state index >= 15 is 0 Å². The van der Waals surface area contributed by atoms with E-state index in [0.717, 1.165) is 30.3 Å². The molecule has 1 heterocycles. The Morgan fingerprint density at radius 3 is 2.46 bits per heavy atom. The highest BCUT2D eigenvalue weighted by Gasteiger charge is 2.10. The molecule has 0 aliphatic rings. The third-order valence-electron chi connectivity index (χ3n) is 4.20. The molecule has 3 aromatic rings. The third-order valence-corrected chi connectivity index (χ3v) is 4.20. The van der Waals surface area contributed by atoms with Crippen LogP contribution in [0, 0.1) is 6.92 Å². The first-order valence-electron chi connectivity index (χ1n) is 9.32. The Balaban J connectivity index is 1.81. The van der Waals surface area contributed by atoms with Crippen molar-refractivity contribution in [3.05, 3.63) is 72.1 Å². The average Bonchev–Trinajstić information content (AvgIpc) is 2.66. The molecule has 144 valence electrons. The zero-order valence-electron chi connectivity index (χ0n) is 16.4. The zero-order valence-corrected chi connectivity index (χ0v) is 16.4. The summed E-state index contributed by atoms with van der Waals surface area (Å²) in [5.74, 6) is 2.19. The number of aromatic nitrogens is 2. The second-order valence-electron chi connectivity index (χ2n) is 6.55. The number of hydrogen-bond donors (Lipinski definition) is 2. The highest BCUT2D eigenvalue weighted by molar-refractivity contribution is 5.89. The number of amides is 1. The van der Waals surface area contributed by atoms with Gasteiger partial charge in [-0.2, -0.15) is 0 Å². The second-order valence-corrected chi connectivity index (χ2v) is 6.55. The summed E-state index contributed by atoms with van der Waals surface area (Å²) >= 11 is 0. The van der Waals surface area contributed by atoms with E-state index in [9.17, 15) is 4.79 Å². The molecule has 2 N–H and O–H groups in total. The minimum atomic E-state index is -0.100. The van der Waals surface area contributed by atoms with E-state index in [1.807, 2.05) is 55.5 Å². The van der Waals surface area contributed by atoms with Gasteiger partial charge in [0.25, 0.3) is 0 Å². The number of nitrogens with zero attached hydrogens (tertiary/aromatic N) is 3. The van der Waals surface area contributed by atoms with Crippen LogP contribution in [0.15, 0.2) is 60.7 Å². The van der Waals surface area contributed by atoms with Crippen LogP contribution >= 0.6 is 0 Å². The number of aryl methyl sites for hydroxylation is 1. The first-order valence-corrected chi connectivity index (χ1v) is 9.32. The molecule has 0 unspecified atom stereocenters. The minimum absolute atomic E-state index is 0.100. The van der Waals surface area contributed by atoms with E-state index in [2.05, 4.69) is 44.6 Å². The molecule has 2 aromatic carbocycles. The standard InChI is InChI=1S/C22H25N5O/c1-4-27(15-18-9-6-5-7-10-18)22-14-21(23-16(2)24-22)26-20-12-8-11-19(13-20)25-17(3)28/h5-14H,4,15H2,1-3H3,(H,25,28)(H,23,24,26). The smallest absolute Gasteiger partial charge is 0.221 e. The first-order chi connectivity index (χ1) is 13.5. The molecule has 1 amide bonds. The number of carbonyl (C=O) groups excluding carboxylic acids is 1. The lowest BCUT2D eigenvalue weighted by Crippen LogP contribution is -2.23. The SMILES string of the molecule is CCN(Cc1ccccc1)c1cc(Nc2cccc(NC(C)=O)c2)nc(C)n1. The van der Waals surface area contributed by atoms with Crippen molar-refractivity contribution in [2.75, 3.05) is 22.1 Å². The number of carbonyl (C=O) groups is 1. The van der Waals surface area contributed by atoms with Gasteiger partial charge in [-0.15, -0.1) is 0 Å². The van der Waals surface area contributed by atoms with Gasteiger partial charge in [0.2, 0.25) is 5.91 Å². The van der Waals surface area contributed by atoms with Gasteiger partial charge in [0.15, 0.2) is 0 Å². The van der Waals surface area contributed by atoms with E-state index in [1.54, 1.807) is 0 Å². The van der Waals surface area contributed by atoms with Crippen molar-refractivity contribution in [2.45, 2.75) is 27.3 Å². The van der Waals surface area contributed by atoms with E-state index in [-0.39, 0.29) is 5.91 Å². The van der Waals surface area contributed by atoms with Crippen LogP contribution < -0.4 is 15.5 Å². The lowest BCUT2D eigenvalue weighted by atomic mass is 10.2. The number of benzene rings is 2. The molecule has 0 radical (unpaired) electrons. The maximum absolute atomic E-state index is 11.3. The topological polar surface area (TPSA) is 70.2 Å². The fourth-order valence-corrected chi connectivity index (χ4v) is 2.96. The van der Waals surface area contributed by atoms with E-state index < -0.39 is 0 Å². The Morgan fingerprint density at radius 2 is 1.75 bits per heavy atom. The van der Waals surface area contributed by atoms with Crippen molar-refractivity contribution in [1.29, 1.82) is 0 Å². The fourth-order valence-electron chi connectivity index (χ4n) is 2.96. The lowest BCUT2D eigenvalue weighted by molar-refractivity contribution is -0.114. The van der Waals surface area contributed by atoms with Crippen molar-refractivity contribution >= 4 is 28.9 Å². The summed E-state index contributed by atoms with van der Waals surface area (Å²) in [5.41, 5.74) is 2.82. The lowest BCUT2D eigenvalue weighted by Gasteiger charge is -2.23. The Bertz CT molecular complexity index is 943. The van der Waals surface area contributed by atoms with Crippen LogP contribution in [0.5, 0.6) is 0 Å². The van der Waals surface area contributed by atoms with Gasteiger partial charge >= 0.3 is 0 Å². The summed E-state index contributed by atoms with van der Waals surface area (Å²) in [7, 11) is 0. The minimum Gasteiger partial charge on any atom is -0.352 e. The van der Waals surface area contributed by atoms with Crippen molar-refractivity contribution in [3.8, 4) is 0 Å². The van der Waals surface area contributed by atoms with E-state index in [4.69, 9.17) is 0 Å². The van der Waals surface area contributed by atoms with Crippen molar-refractivity contribution in [2.24, 2.45) is 0 Å². The molecule has 0 spiro atoms. The summed E-state index contributed by atoms with van der Waals surface area (Å²) in [6.45, 7) is 7.11. The van der Waals surface area contributed by atoms with Crippen LogP contribution in [-0.2, 0) is 11.3 Å². The number of nitrogens with one attached hydrogen (secondary N) is 2. The van der Waals surface area contributed by atoms with E-state index in [1.165, 1.54) is 12.5 Å². The van der Waals surface area contributed by atoms with Crippen molar-refractivity contribution < 1.29 is 4.79 Å². The van der Waals surface area contributed by atoms with Crippen LogP contribution in [0.25, 0.3) is 0 Å². The summed E-state index contributed by atoms with van der Waals surface area (Å²) < 4.78 is 0. The molecule has 1 aromatic heterocycles. The Morgan fingerprint density at radius 1 is 1.00 bits per heavy atom. The predicted octanol–water partition coefficient (Wildman–Crippen LogP) is 4.51. The molecule has 0 bridgehead atoms. The molecule has 0 atom stereocenters. The van der Waals surface area contributed by atoms with Gasteiger partial charge in [0.05, 0.1) is 0 Å². The van der Waals surface area contributed by atoms with Crippen LogP contribution in [0.4, 0.5) is 23.0 Å². The average molecular weight is 375 g/mol. The van der Waals surface area contributed by atoms with Crippen molar-refractivity contribution in [3.63, 3.8) is 0 Å². The molecular weight excluding hydrogens is 350 g/mol. The molecule has 6 nitrogen and oxygen atoms in total. The maximum Gasteiger partial charge on any atom is 0.221 e. The molecule has 0 saturated heterocycles. The monoisotopic (exact) mass is 375 g/mol. The highest BCUT2D eigenvalue weighted by atomic mass is 16.1. The molecule has 0 aliphatic heterocycles. The van der Waals surface area contributed by atoms with Gasteiger partial charge in [-0.05, 0) is 37.6 Å². The normalized spacial score (nSPS) is 10.4. The van der Waals surface area contributed by atoms with Gasteiger partial charge in [-0.3, -0.25) is 4.79 Å². The maximum atomic E-state index is 11.3. The first kappa shape index (κ1) is 19.4. The highest BCUT2D eigenvalue weighted by Crippen LogP contribution is 2.23. The van der Waals surface area contributed by atoms with Gasteiger partial charge in [-0.25, -0.2) is 9.97 Å². The van der Waals surface area contributed by atoms with Crippen LogP contribution in [-0.4, -0.2) is 22.4 Å². The number of anilines is 4. The molecule has 3 rings (SSSR count). The fraction of sp³-hybridized carbons (Fsp3) is 0.227. The van der Waals surface area contributed by atoms with Crippen LogP contribution in [0.2, 0.25) is 0 Å². The Kier molecular flexibility index (Phi) is 6.22. The Hall–Kier alpha value is -3.41. The molecule has 0 aliphatic carbocycles. The predicted molar refractivity (Wildman–Crippen MR) is 114 cm³/mol. The summed E-state index contributed by atoms with van der Waals surface area (Å²) in [6, 6.07) is 19.8. The van der Waals surface area contributed by atoms with Crippen molar-refractivity contribution in [1.82, 2.24) is 9.97 Å². The number of rotatable bonds is 7. The third kappa shape index (κ3) is 5.30. The zero-order chi connectivity index (χ0) is 19.9. The van der Waals surface area contributed by atoms with Gasteiger partial charge in [0, 0.05) is 37.5 Å². The van der Waals surface area contributed by atoms with Gasteiger partial charge < -0.3 is 15.5 Å². The van der Waals surface area contributed by atoms with Crippen LogP contribution in [0.3, 0.4) is 0 Å². The largest absolute Gasteiger partial charge is 0.352 e. The Labute approximate surface area is 165 Å². The molecular formula is C22H25N5O. The van der Waals surface area contributed by atoms with Gasteiger partial charge in [-0.1, -0.05) is 36.4 Å². The summed E-state index contributed by atoms with van der Waals surface area (Å²) in [5, 5.41) is 6.10. The second kappa shape index (κ2) is 8.99. The molecule has 28 heavy (non-hydrogen) atoms. The molecule has 0 fully saturated rings. The quantitative estimate of drug-likeness (QED) is 0.636.